The summed E-state index contributed by atoms with van der Waals surface area (Å²) in [5, 5.41) is 0. The number of methoxy groups -OCH3 is 1. The molecular weight excluding hydrogens is 164 g/mol. The minimum absolute atomic E-state index is 0.109. The van der Waals surface area contributed by atoms with Crippen molar-refractivity contribution >= 4 is 5.97 Å². The second-order valence-corrected chi connectivity index (χ2v) is 3.69. The predicted molar refractivity (Wildman–Crippen MR) is 52.3 cm³/mol. The van der Waals surface area contributed by atoms with Crippen LogP contribution in [-0.2, 0) is 9.53 Å². The highest BCUT2D eigenvalue weighted by atomic mass is 16.5. The lowest BCUT2D eigenvalue weighted by Gasteiger charge is -2.03. The summed E-state index contributed by atoms with van der Waals surface area (Å²) in [5.41, 5.74) is 1.53. The molecule has 0 spiro atoms. The van der Waals surface area contributed by atoms with Crippen LogP contribution in [0.2, 0.25) is 0 Å². The molecule has 74 valence electrons. The van der Waals surface area contributed by atoms with E-state index in [1.807, 2.05) is 0 Å². The predicted octanol–water partition coefficient (Wildman–Crippen LogP) is 2.69. The minimum Gasteiger partial charge on any atom is -0.469 e. The summed E-state index contributed by atoms with van der Waals surface area (Å²) in [7, 11) is 1.44. The molecule has 0 saturated heterocycles. The Morgan fingerprint density at radius 3 is 3.00 bits per heavy atom. The first-order chi connectivity index (χ1) is 6.24. The Bertz CT molecular complexity index is 206. The van der Waals surface area contributed by atoms with Crippen molar-refractivity contribution in [3.05, 3.63) is 11.6 Å². The van der Waals surface area contributed by atoms with E-state index in [1.54, 1.807) is 0 Å². The van der Waals surface area contributed by atoms with Crippen LogP contribution >= 0.6 is 0 Å². The maximum Gasteiger partial charge on any atom is 0.305 e. The van der Waals surface area contributed by atoms with Crippen molar-refractivity contribution in [2.24, 2.45) is 5.92 Å². The number of esters is 1. The smallest absolute Gasteiger partial charge is 0.305 e. The maximum absolute atomic E-state index is 10.8. The van der Waals surface area contributed by atoms with Gasteiger partial charge in [-0.25, -0.2) is 0 Å². The van der Waals surface area contributed by atoms with Gasteiger partial charge in [-0.3, -0.25) is 4.79 Å². The highest BCUT2D eigenvalue weighted by molar-refractivity contribution is 5.69. The molecule has 0 N–H and O–H groups in total. The number of allylic oxidation sites excluding steroid dienone is 2. The molecule has 0 amide bonds. The largest absolute Gasteiger partial charge is 0.469 e. The molecule has 2 heteroatoms. The summed E-state index contributed by atoms with van der Waals surface area (Å²) >= 11 is 0. The van der Waals surface area contributed by atoms with Gasteiger partial charge in [0.1, 0.15) is 0 Å². The van der Waals surface area contributed by atoms with Crippen LogP contribution in [0.15, 0.2) is 11.6 Å². The van der Waals surface area contributed by atoms with Crippen LogP contribution in [-0.4, -0.2) is 13.1 Å². The van der Waals surface area contributed by atoms with E-state index < -0.39 is 0 Å². The fourth-order valence-corrected chi connectivity index (χ4v) is 1.82. The van der Waals surface area contributed by atoms with Crippen LogP contribution in [0.5, 0.6) is 0 Å². The molecule has 1 aliphatic carbocycles. The number of carbonyl (C=O) groups excluding carboxylic acids is 1. The Labute approximate surface area is 80.0 Å². The zero-order valence-corrected chi connectivity index (χ0v) is 8.51. The van der Waals surface area contributed by atoms with Crippen LogP contribution in [0.4, 0.5) is 0 Å². The number of hydrogen-bond acceptors (Lipinski definition) is 2. The van der Waals surface area contributed by atoms with E-state index in [9.17, 15) is 4.79 Å². The molecule has 1 fully saturated rings. The molecule has 0 aliphatic heterocycles. The topological polar surface area (TPSA) is 26.3 Å². The van der Waals surface area contributed by atoms with Gasteiger partial charge in [-0.15, -0.1) is 0 Å². The number of hydrogen-bond donors (Lipinski definition) is 0. The van der Waals surface area contributed by atoms with Crippen molar-refractivity contribution in [3.63, 3.8) is 0 Å². The van der Waals surface area contributed by atoms with E-state index in [0.717, 1.165) is 12.3 Å². The fourth-order valence-electron chi connectivity index (χ4n) is 1.82. The van der Waals surface area contributed by atoms with E-state index in [-0.39, 0.29) is 5.97 Å². The van der Waals surface area contributed by atoms with Gasteiger partial charge in [-0.1, -0.05) is 18.6 Å². The molecule has 0 aromatic heterocycles. The first-order valence-corrected chi connectivity index (χ1v) is 4.99. The summed E-state index contributed by atoms with van der Waals surface area (Å²) in [5.74, 6) is 0.625. The lowest BCUT2D eigenvalue weighted by Crippen LogP contribution is -1.98. The van der Waals surface area contributed by atoms with E-state index >= 15 is 0 Å². The Balaban J connectivity index is 2.27. The Hall–Kier alpha value is -0.790. The van der Waals surface area contributed by atoms with Gasteiger partial charge in [0.25, 0.3) is 0 Å². The molecule has 13 heavy (non-hydrogen) atoms. The molecule has 1 rings (SSSR count). The van der Waals surface area contributed by atoms with Gasteiger partial charge in [-0.2, -0.15) is 0 Å². The molecule has 1 saturated carbocycles. The van der Waals surface area contributed by atoms with Gasteiger partial charge in [0, 0.05) is 6.42 Å². The lowest BCUT2D eigenvalue weighted by molar-refractivity contribution is -0.140. The summed E-state index contributed by atoms with van der Waals surface area (Å²) in [4.78, 5) is 10.8. The van der Waals surface area contributed by atoms with Crippen molar-refractivity contribution < 1.29 is 9.53 Å². The van der Waals surface area contributed by atoms with Crippen molar-refractivity contribution in [2.45, 2.75) is 39.0 Å². The fraction of sp³-hybridized carbons (Fsp3) is 0.727. The molecule has 1 aliphatic rings. The van der Waals surface area contributed by atoms with E-state index in [1.165, 1.54) is 31.9 Å². The van der Waals surface area contributed by atoms with Crippen LogP contribution in [0, 0.1) is 5.92 Å². The van der Waals surface area contributed by atoms with Crippen molar-refractivity contribution in [3.8, 4) is 0 Å². The van der Waals surface area contributed by atoms with Crippen molar-refractivity contribution in [2.75, 3.05) is 7.11 Å². The van der Waals surface area contributed by atoms with Gasteiger partial charge in [0.05, 0.1) is 7.11 Å². The van der Waals surface area contributed by atoms with Gasteiger partial charge in [0.2, 0.25) is 0 Å². The molecule has 2 nitrogen and oxygen atoms in total. The second kappa shape index (κ2) is 5.05. The number of carbonyl (C=O) groups is 1. The first kappa shape index (κ1) is 10.3. The Morgan fingerprint density at radius 2 is 2.46 bits per heavy atom. The zero-order valence-electron chi connectivity index (χ0n) is 8.51. The van der Waals surface area contributed by atoms with Crippen molar-refractivity contribution in [1.82, 2.24) is 0 Å². The molecule has 0 bridgehead atoms. The van der Waals surface area contributed by atoms with Gasteiger partial charge in [0.15, 0.2) is 0 Å². The lowest BCUT2D eigenvalue weighted by atomic mass is 10.0. The summed E-state index contributed by atoms with van der Waals surface area (Å²) in [6.45, 7) is 2.26. The quantitative estimate of drug-likeness (QED) is 0.495. The van der Waals surface area contributed by atoms with E-state index in [0.29, 0.717) is 6.42 Å². The molecule has 0 heterocycles. The summed E-state index contributed by atoms with van der Waals surface area (Å²) in [6, 6.07) is 0. The minimum atomic E-state index is -0.109. The normalized spacial score (nSPS) is 25.1. The number of rotatable bonds is 3. The average molecular weight is 182 g/mol. The highest BCUT2D eigenvalue weighted by Crippen LogP contribution is 2.30. The van der Waals surface area contributed by atoms with E-state index in [4.69, 9.17) is 0 Å². The third kappa shape index (κ3) is 3.21. The zero-order chi connectivity index (χ0) is 9.68. The molecular formula is C11H18O2. The van der Waals surface area contributed by atoms with Crippen molar-refractivity contribution in [1.29, 1.82) is 0 Å². The molecule has 1 unspecified atom stereocenters. The van der Waals surface area contributed by atoms with Gasteiger partial charge >= 0.3 is 5.97 Å². The van der Waals surface area contributed by atoms with Gasteiger partial charge < -0.3 is 4.74 Å². The standard InChI is InChI=1S/C11H18O2/c1-9-5-3-6-10(9)7-4-8-11(12)13-2/h7,9H,3-6,8H2,1-2H3. The maximum atomic E-state index is 10.8. The van der Waals surface area contributed by atoms with Crippen LogP contribution in [0.25, 0.3) is 0 Å². The summed E-state index contributed by atoms with van der Waals surface area (Å²) in [6.07, 6.45) is 7.42. The Kier molecular flexibility index (Phi) is 4.00. The van der Waals surface area contributed by atoms with E-state index in [2.05, 4.69) is 17.7 Å². The first-order valence-electron chi connectivity index (χ1n) is 4.99. The third-order valence-electron chi connectivity index (χ3n) is 2.72. The van der Waals surface area contributed by atoms with Crippen LogP contribution < -0.4 is 0 Å². The second-order valence-electron chi connectivity index (χ2n) is 3.69. The monoisotopic (exact) mass is 182 g/mol. The average Bonchev–Trinajstić information content (AvgIpc) is 2.52. The van der Waals surface area contributed by atoms with Crippen LogP contribution in [0.3, 0.4) is 0 Å². The third-order valence-corrected chi connectivity index (χ3v) is 2.72. The number of ether oxygens (including phenoxy) is 1. The van der Waals surface area contributed by atoms with Gasteiger partial charge in [-0.05, 0) is 31.6 Å². The molecule has 0 aromatic rings. The summed E-state index contributed by atoms with van der Waals surface area (Å²) < 4.78 is 4.57. The SMILES string of the molecule is COC(=O)CCC=C1CCCC1C. The molecule has 1 atom stereocenters. The highest BCUT2D eigenvalue weighted by Gasteiger charge is 2.15. The Morgan fingerprint density at radius 1 is 1.69 bits per heavy atom. The molecule has 0 aromatic carbocycles. The molecule has 0 radical (unpaired) electrons. The van der Waals surface area contributed by atoms with Crippen LogP contribution in [0.1, 0.15) is 39.0 Å².